The molecule has 0 aromatic carbocycles. The molecule has 3 nitrogen and oxygen atoms in total. The van der Waals surface area contributed by atoms with Crippen LogP contribution < -0.4 is 5.73 Å². The van der Waals surface area contributed by atoms with Gasteiger partial charge in [0.15, 0.2) is 0 Å². The van der Waals surface area contributed by atoms with E-state index in [1.165, 1.54) is 23.2 Å². The molecule has 1 aliphatic carbocycles. The summed E-state index contributed by atoms with van der Waals surface area (Å²) in [5.74, 6) is 0. The summed E-state index contributed by atoms with van der Waals surface area (Å²) in [6.45, 7) is 0.899. The van der Waals surface area contributed by atoms with Crippen LogP contribution in [-0.4, -0.2) is 9.55 Å². The minimum atomic E-state index is 0.230. The summed E-state index contributed by atoms with van der Waals surface area (Å²) in [5.41, 5.74) is 10.1. The maximum absolute atomic E-state index is 6.13. The molecule has 2 aromatic rings. The van der Waals surface area contributed by atoms with E-state index in [-0.39, 0.29) is 6.04 Å². The van der Waals surface area contributed by atoms with Crippen molar-refractivity contribution in [3.63, 3.8) is 0 Å². The normalized spacial score (nSPS) is 19.0. The van der Waals surface area contributed by atoms with Crippen molar-refractivity contribution in [3.05, 3.63) is 53.6 Å². The van der Waals surface area contributed by atoms with Gasteiger partial charge in [-0.3, -0.25) is 4.98 Å². The fraction of sp³-hybridized carbons (Fsp3) is 0.357. The van der Waals surface area contributed by atoms with Crippen molar-refractivity contribution in [1.82, 2.24) is 9.55 Å². The van der Waals surface area contributed by atoms with Gasteiger partial charge in [0.1, 0.15) is 0 Å². The van der Waals surface area contributed by atoms with Crippen LogP contribution >= 0.6 is 0 Å². The maximum Gasteiger partial charge on any atom is 0.0488 e. The number of nitrogens with two attached hydrogens (primary N) is 1. The van der Waals surface area contributed by atoms with Crippen molar-refractivity contribution < 1.29 is 0 Å². The van der Waals surface area contributed by atoms with Crippen molar-refractivity contribution in [2.45, 2.75) is 31.8 Å². The Morgan fingerprint density at radius 1 is 1.41 bits per heavy atom. The van der Waals surface area contributed by atoms with Gasteiger partial charge in [-0.05, 0) is 42.5 Å². The summed E-state index contributed by atoms with van der Waals surface area (Å²) in [4.78, 5) is 4.15. The van der Waals surface area contributed by atoms with Gasteiger partial charge >= 0.3 is 0 Å². The van der Waals surface area contributed by atoms with Crippen LogP contribution in [0.2, 0.25) is 0 Å². The monoisotopic (exact) mass is 227 g/mol. The lowest BCUT2D eigenvalue weighted by Gasteiger charge is -2.21. The van der Waals surface area contributed by atoms with Gasteiger partial charge in [-0.1, -0.05) is 6.07 Å². The topological polar surface area (TPSA) is 43.8 Å². The van der Waals surface area contributed by atoms with Crippen molar-refractivity contribution in [3.8, 4) is 0 Å². The second-order valence-corrected chi connectivity index (χ2v) is 4.71. The molecule has 2 heterocycles. The van der Waals surface area contributed by atoms with E-state index in [9.17, 15) is 0 Å². The summed E-state index contributed by atoms with van der Waals surface area (Å²) in [6, 6.07) is 6.50. The molecule has 1 unspecified atom stereocenters. The molecule has 1 aliphatic rings. The molecule has 0 fully saturated rings. The Kier molecular flexibility index (Phi) is 2.69. The predicted molar refractivity (Wildman–Crippen MR) is 67.6 cm³/mol. The highest BCUT2D eigenvalue weighted by molar-refractivity contribution is 5.29. The molecule has 0 radical (unpaired) electrons. The van der Waals surface area contributed by atoms with E-state index in [0.29, 0.717) is 0 Å². The first kappa shape index (κ1) is 10.5. The number of rotatable bonds is 2. The molecule has 1 atom stereocenters. The average molecular weight is 227 g/mol. The van der Waals surface area contributed by atoms with Gasteiger partial charge in [0.05, 0.1) is 0 Å². The molecule has 3 heteroatoms. The van der Waals surface area contributed by atoms with Gasteiger partial charge < -0.3 is 10.3 Å². The highest BCUT2D eigenvalue weighted by atomic mass is 15.0. The SMILES string of the molecule is NC1CCCc2c1ccn2Cc1cccnc1. The minimum Gasteiger partial charge on any atom is -0.347 e. The second kappa shape index (κ2) is 4.34. The molecule has 0 saturated carbocycles. The van der Waals surface area contributed by atoms with Crippen LogP contribution in [0.1, 0.15) is 35.7 Å². The van der Waals surface area contributed by atoms with Gasteiger partial charge in [0, 0.05) is 36.9 Å². The van der Waals surface area contributed by atoms with E-state index in [1.807, 2.05) is 18.5 Å². The third kappa shape index (κ3) is 1.98. The molecule has 88 valence electrons. The van der Waals surface area contributed by atoms with Crippen molar-refractivity contribution in [1.29, 1.82) is 0 Å². The first-order valence-corrected chi connectivity index (χ1v) is 6.17. The lowest BCUT2D eigenvalue weighted by atomic mass is 9.93. The minimum absolute atomic E-state index is 0.230. The summed E-state index contributed by atoms with van der Waals surface area (Å²) in [7, 11) is 0. The zero-order chi connectivity index (χ0) is 11.7. The Morgan fingerprint density at radius 3 is 3.18 bits per heavy atom. The predicted octanol–water partition coefficient (Wildman–Crippen LogP) is 2.27. The van der Waals surface area contributed by atoms with Crippen LogP contribution in [0.3, 0.4) is 0 Å². The zero-order valence-electron chi connectivity index (χ0n) is 9.84. The van der Waals surface area contributed by atoms with Crippen molar-refractivity contribution in [2.24, 2.45) is 5.73 Å². The number of nitrogens with zero attached hydrogens (tertiary/aromatic N) is 2. The largest absolute Gasteiger partial charge is 0.347 e. The van der Waals surface area contributed by atoms with Crippen molar-refractivity contribution >= 4 is 0 Å². The number of aromatic nitrogens is 2. The van der Waals surface area contributed by atoms with Crippen LogP contribution in [0.25, 0.3) is 0 Å². The molecule has 0 amide bonds. The van der Waals surface area contributed by atoms with Gasteiger partial charge in [0.2, 0.25) is 0 Å². The van der Waals surface area contributed by atoms with Crippen LogP contribution in [0, 0.1) is 0 Å². The van der Waals surface area contributed by atoms with E-state index < -0.39 is 0 Å². The van der Waals surface area contributed by atoms with Crippen LogP contribution in [-0.2, 0) is 13.0 Å². The smallest absolute Gasteiger partial charge is 0.0488 e. The molecule has 3 rings (SSSR count). The van der Waals surface area contributed by atoms with Gasteiger partial charge in [-0.2, -0.15) is 0 Å². The average Bonchev–Trinajstić information content (AvgIpc) is 2.76. The highest BCUT2D eigenvalue weighted by Gasteiger charge is 2.19. The summed E-state index contributed by atoms with van der Waals surface area (Å²) in [6.07, 6.45) is 9.36. The molecule has 0 spiro atoms. The molecular weight excluding hydrogens is 210 g/mol. The van der Waals surface area contributed by atoms with Crippen LogP contribution in [0.5, 0.6) is 0 Å². The van der Waals surface area contributed by atoms with Gasteiger partial charge in [-0.25, -0.2) is 0 Å². The number of fused-ring (bicyclic) bond motifs is 1. The van der Waals surface area contributed by atoms with E-state index in [2.05, 4.69) is 27.9 Å². The zero-order valence-corrected chi connectivity index (χ0v) is 9.84. The highest BCUT2D eigenvalue weighted by Crippen LogP contribution is 2.29. The third-order valence-electron chi connectivity index (χ3n) is 3.52. The molecule has 0 aliphatic heterocycles. The third-order valence-corrected chi connectivity index (χ3v) is 3.52. The first-order chi connectivity index (χ1) is 8.34. The second-order valence-electron chi connectivity index (χ2n) is 4.71. The fourth-order valence-electron chi connectivity index (χ4n) is 2.63. The standard InChI is InChI=1S/C14H17N3/c15-13-4-1-5-14-12(13)6-8-17(14)10-11-3-2-7-16-9-11/h2-3,6-9,13H,1,4-5,10,15H2. The first-order valence-electron chi connectivity index (χ1n) is 6.17. The molecule has 2 N–H and O–H groups in total. The number of pyridine rings is 1. The fourth-order valence-corrected chi connectivity index (χ4v) is 2.63. The van der Waals surface area contributed by atoms with Crippen LogP contribution in [0.4, 0.5) is 0 Å². The Hall–Kier alpha value is -1.61. The summed E-state index contributed by atoms with van der Waals surface area (Å²) < 4.78 is 2.31. The van der Waals surface area contributed by atoms with E-state index in [1.54, 1.807) is 0 Å². The molecule has 0 bridgehead atoms. The van der Waals surface area contributed by atoms with Crippen molar-refractivity contribution in [2.75, 3.05) is 0 Å². The van der Waals surface area contributed by atoms with E-state index in [4.69, 9.17) is 5.73 Å². The van der Waals surface area contributed by atoms with Gasteiger partial charge in [0.25, 0.3) is 0 Å². The Labute approximate surface area is 101 Å². The summed E-state index contributed by atoms with van der Waals surface area (Å²) >= 11 is 0. The van der Waals surface area contributed by atoms with Crippen LogP contribution in [0.15, 0.2) is 36.8 Å². The molecule has 0 saturated heterocycles. The quantitative estimate of drug-likeness (QED) is 0.855. The lowest BCUT2D eigenvalue weighted by Crippen LogP contribution is -2.18. The Balaban J connectivity index is 1.90. The summed E-state index contributed by atoms with van der Waals surface area (Å²) in [5, 5.41) is 0. The van der Waals surface area contributed by atoms with E-state index >= 15 is 0 Å². The molecule has 17 heavy (non-hydrogen) atoms. The Morgan fingerprint density at radius 2 is 2.35 bits per heavy atom. The van der Waals surface area contributed by atoms with E-state index in [0.717, 1.165) is 19.4 Å². The Bertz CT molecular complexity index is 501. The number of hydrogen-bond donors (Lipinski definition) is 1. The molecular formula is C14H17N3. The van der Waals surface area contributed by atoms with Gasteiger partial charge in [-0.15, -0.1) is 0 Å². The number of hydrogen-bond acceptors (Lipinski definition) is 2. The maximum atomic E-state index is 6.13. The lowest BCUT2D eigenvalue weighted by molar-refractivity contribution is 0.548. The molecule has 2 aromatic heterocycles.